The zero-order chi connectivity index (χ0) is 17.7. The fourth-order valence-corrected chi connectivity index (χ4v) is 2.41. The molecule has 1 aliphatic rings. The minimum Gasteiger partial charge on any atom is -0.466 e. The highest BCUT2D eigenvalue weighted by molar-refractivity contribution is 6.36. The molecule has 128 valence electrons. The molecule has 1 aromatic carbocycles. The highest BCUT2D eigenvalue weighted by Gasteiger charge is 2.24. The van der Waals surface area contributed by atoms with Gasteiger partial charge in [0.2, 0.25) is 0 Å². The highest BCUT2D eigenvalue weighted by atomic mass is 35.5. The van der Waals surface area contributed by atoms with Crippen molar-refractivity contribution in [3.8, 4) is 0 Å². The van der Waals surface area contributed by atoms with Gasteiger partial charge in [-0.25, -0.2) is 9.59 Å². The molecular formula is C15H14Cl2N2O5. The Hall–Kier alpha value is -2.25. The van der Waals surface area contributed by atoms with Gasteiger partial charge in [-0.15, -0.1) is 0 Å². The van der Waals surface area contributed by atoms with Crippen molar-refractivity contribution in [1.29, 1.82) is 0 Å². The Kier molecular flexibility index (Phi) is 6.05. The molecule has 2 rings (SSSR count). The van der Waals surface area contributed by atoms with Crippen LogP contribution in [0.5, 0.6) is 0 Å². The summed E-state index contributed by atoms with van der Waals surface area (Å²) in [4.78, 5) is 35.2. The maximum atomic E-state index is 12.2. The Morgan fingerprint density at radius 1 is 1.25 bits per heavy atom. The number of hydrogen-bond donors (Lipinski definition) is 2. The monoisotopic (exact) mass is 372 g/mol. The zero-order valence-electron chi connectivity index (χ0n) is 12.6. The fourth-order valence-electron chi connectivity index (χ4n) is 1.92. The molecule has 1 amide bonds. The summed E-state index contributed by atoms with van der Waals surface area (Å²) in [5.41, 5.74) is 0.201. The number of halogens is 2. The molecular weight excluding hydrogens is 359 g/mol. The molecule has 0 bridgehead atoms. The lowest BCUT2D eigenvalue weighted by atomic mass is 10.2. The van der Waals surface area contributed by atoms with E-state index in [-0.39, 0.29) is 29.4 Å². The van der Waals surface area contributed by atoms with Crippen LogP contribution in [0.3, 0.4) is 0 Å². The second kappa shape index (κ2) is 8.03. The largest absolute Gasteiger partial charge is 0.466 e. The average Bonchev–Trinajstić information content (AvgIpc) is 2.70. The fraction of sp³-hybridized carbons (Fsp3) is 0.267. The van der Waals surface area contributed by atoms with E-state index in [0.29, 0.717) is 5.02 Å². The molecule has 0 spiro atoms. The molecule has 0 aliphatic carbocycles. The van der Waals surface area contributed by atoms with Crippen LogP contribution >= 0.6 is 23.2 Å². The molecule has 0 aromatic heterocycles. The second-order valence-corrected chi connectivity index (χ2v) is 5.67. The van der Waals surface area contributed by atoms with Gasteiger partial charge in [-0.2, -0.15) is 0 Å². The number of carbonyl (C=O) groups is 3. The summed E-state index contributed by atoms with van der Waals surface area (Å²) in [6.45, 7) is 0.222. The van der Waals surface area contributed by atoms with Crippen molar-refractivity contribution in [2.24, 2.45) is 0 Å². The quantitative estimate of drug-likeness (QED) is 0.613. The predicted molar refractivity (Wildman–Crippen MR) is 86.8 cm³/mol. The Morgan fingerprint density at radius 3 is 2.62 bits per heavy atom. The van der Waals surface area contributed by atoms with Crippen molar-refractivity contribution in [2.45, 2.75) is 6.10 Å². The van der Waals surface area contributed by atoms with Crippen molar-refractivity contribution in [1.82, 2.24) is 10.6 Å². The molecule has 9 heteroatoms. The lowest BCUT2D eigenvalue weighted by Gasteiger charge is -2.16. The van der Waals surface area contributed by atoms with Gasteiger partial charge in [0.25, 0.3) is 5.91 Å². The Morgan fingerprint density at radius 2 is 1.96 bits per heavy atom. The minimum atomic E-state index is -0.670. The molecule has 24 heavy (non-hydrogen) atoms. The van der Waals surface area contributed by atoms with Gasteiger partial charge in [0.1, 0.15) is 11.8 Å². The summed E-state index contributed by atoms with van der Waals surface area (Å²) in [6, 6.07) is 4.41. The number of hydrogen-bond acceptors (Lipinski definition) is 6. The highest BCUT2D eigenvalue weighted by Crippen LogP contribution is 2.22. The first-order valence-corrected chi connectivity index (χ1v) is 7.64. The molecule has 7 nitrogen and oxygen atoms in total. The second-order valence-electron chi connectivity index (χ2n) is 4.82. The molecule has 1 atom stereocenters. The van der Waals surface area contributed by atoms with E-state index in [0.717, 1.165) is 6.08 Å². The first-order valence-electron chi connectivity index (χ1n) is 6.88. The van der Waals surface area contributed by atoms with Gasteiger partial charge in [-0.3, -0.25) is 4.79 Å². The number of nitrogens with one attached hydrogen (secondary N) is 2. The van der Waals surface area contributed by atoms with Crippen LogP contribution in [0.2, 0.25) is 10.0 Å². The van der Waals surface area contributed by atoms with Crippen LogP contribution in [0.25, 0.3) is 0 Å². The molecule has 1 saturated heterocycles. The summed E-state index contributed by atoms with van der Waals surface area (Å²) in [7, 11) is 1.20. The van der Waals surface area contributed by atoms with E-state index in [9.17, 15) is 14.4 Å². The van der Waals surface area contributed by atoms with Crippen molar-refractivity contribution in [3.05, 3.63) is 45.6 Å². The Labute approximate surface area is 147 Å². The average molecular weight is 373 g/mol. The van der Waals surface area contributed by atoms with E-state index in [4.69, 9.17) is 27.9 Å². The first kappa shape index (κ1) is 18.1. The van der Waals surface area contributed by atoms with E-state index >= 15 is 0 Å². The van der Waals surface area contributed by atoms with Crippen molar-refractivity contribution in [2.75, 3.05) is 20.2 Å². The van der Waals surface area contributed by atoms with Crippen LogP contribution in [-0.2, 0) is 19.1 Å². The van der Waals surface area contributed by atoms with Gasteiger partial charge in [-0.05, 0) is 18.2 Å². The van der Waals surface area contributed by atoms with Crippen LogP contribution in [0.15, 0.2) is 30.0 Å². The molecule has 1 aliphatic heterocycles. The third-order valence-corrected chi connectivity index (χ3v) is 3.69. The molecule has 2 N–H and O–H groups in total. The van der Waals surface area contributed by atoms with Crippen LogP contribution in [0.4, 0.5) is 0 Å². The molecule has 1 unspecified atom stereocenters. The third kappa shape index (κ3) is 4.62. The van der Waals surface area contributed by atoms with E-state index in [1.54, 1.807) is 0 Å². The number of methoxy groups -OCH3 is 1. The van der Waals surface area contributed by atoms with Gasteiger partial charge in [0, 0.05) is 5.02 Å². The number of ether oxygens (including phenoxy) is 2. The van der Waals surface area contributed by atoms with Gasteiger partial charge >= 0.3 is 11.9 Å². The predicted octanol–water partition coefficient (Wildman–Crippen LogP) is 1.30. The Balaban J connectivity index is 2.04. The zero-order valence-corrected chi connectivity index (χ0v) is 14.1. The lowest BCUT2D eigenvalue weighted by Crippen LogP contribution is -2.34. The summed E-state index contributed by atoms with van der Waals surface area (Å²) in [5, 5.41) is 5.86. The number of carbonyl (C=O) groups excluding carboxylic acids is 3. The molecule has 1 fully saturated rings. The maximum Gasteiger partial charge on any atom is 0.340 e. The van der Waals surface area contributed by atoms with Gasteiger partial charge in [-0.1, -0.05) is 23.2 Å². The number of benzene rings is 1. The third-order valence-electron chi connectivity index (χ3n) is 3.14. The summed E-state index contributed by atoms with van der Waals surface area (Å²) in [6.07, 6.45) is 0.382. The van der Waals surface area contributed by atoms with Gasteiger partial charge in [0.05, 0.1) is 36.9 Å². The van der Waals surface area contributed by atoms with Crippen LogP contribution in [0, 0.1) is 0 Å². The van der Waals surface area contributed by atoms with Crippen molar-refractivity contribution < 1.29 is 23.9 Å². The summed E-state index contributed by atoms with van der Waals surface area (Å²) in [5.74, 6) is -1.81. The van der Waals surface area contributed by atoms with Crippen molar-refractivity contribution in [3.63, 3.8) is 0 Å². The lowest BCUT2D eigenvalue weighted by molar-refractivity contribution is -0.135. The van der Waals surface area contributed by atoms with Crippen LogP contribution < -0.4 is 10.6 Å². The normalized spacial score (nSPS) is 19.0. The van der Waals surface area contributed by atoms with Crippen LogP contribution in [0.1, 0.15) is 10.4 Å². The molecule has 0 radical (unpaired) electrons. The Bertz CT molecular complexity index is 705. The molecule has 0 saturated carbocycles. The molecule has 1 aromatic rings. The van der Waals surface area contributed by atoms with Gasteiger partial charge < -0.3 is 20.1 Å². The number of esters is 2. The summed E-state index contributed by atoms with van der Waals surface area (Å²) < 4.78 is 9.79. The van der Waals surface area contributed by atoms with Gasteiger partial charge in [0.15, 0.2) is 0 Å². The summed E-state index contributed by atoms with van der Waals surface area (Å²) >= 11 is 11.7. The smallest absolute Gasteiger partial charge is 0.340 e. The standard InChI is InChI=1S/C15H14Cl2N2O5/c1-23-13(20)5-12-14(21)19-7-9(6-18-12)24-15(22)10-3-2-8(16)4-11(10)17/h2-5,9,18H,6-7H2,1H3,(H,19,21)/b12-5+. The van der Waals surface area contributed by atoms with Crippen LogP contribution in [-0.4, -0.2) is 44.1 Å². The SMILES string of the molecule is COC(=O)/C=C1/NCC(OC(=O)c2ccc(Cl)cc2Cl)CNC1=O. The number of rotatable bonds is 3. The minimum absolute atomic E-state index is 0.0323. The van der Waals surface area contributed by atoms with E-state index < -0.39 is 23.9 Å². The topological polar surface area (TPSA) is 93.7 Å². The maximum absolute atomic E-state index is 12.2. The van der Waals surface area contributed by atoms with E-state index in [2.05, 4.69) is 15.4 Å². The molecule has 1 heterocycles. The van der Waals surface area contributed by atoms with E-state index in [1.807, 2.05) is 0 Å². The number of amides is 1. The first-order chi connectivity index (χ1) is 11.4. The van der Waals surface area contributed by atoms with Crippen molar-refractivity contribution >= 4 is 41.0 Å². The van der Waals surface area contributed by atoms with E-state index in [1.165, 1.54) is 25.3 Å².